The Bertz CT molecular complexity index is 876. The normalized spacial score (nSPS) is 14.4. The van der Waals surface area contributed by atoms with E-state index in [0.717, 1.165) is 22.1 Å². The zero-order valence-electron chi connectivity index (χ0n) is 17.7. The first-order valence-corrected chi connectivity index (χ1v) is 9.48. The number of hydrogen-bond donors (Lipinski definition) is 1. The maximum Gasteiger partial charge on any atom is 0.313 e. The lowest BCUT2D eigenvalue weighted by atomic mass is 9.92. The second-order valence-electron chi connectivity index (χ2n) is 8.79. The van der Waals surface area contributed by atoms with Crippen molar-refractivity contribution in [3.05, 3.63) is 42.0 Å². The minimum Gasteiger partial charge on any atom is -0.488 e. The summed E-state index contributed by atoms with van der Waals surface area (Å²) in [7, 11) is 0. The van der Waals surface area contributed by atoms with Crippen LogP contribution in [0, 0.1) is 5.92 Å². The molecule has 0 saturated heterocycles. The number of carbonyl (C=O) groups is 2. The first-order chi connectivity index (χ1) is 12.8. The number of carboxylic acids is 1. The lowest BCUT2D eigenvalue weighted by Crippen LogP contribution is -2.40. The number of rotatable bonds is 6. The zero-order chi connectivity index (χ0) is 21.3. The van der Waals surface area contributed by atoms with Gasteiger partial charge in [0.25, 0.3) is 0 Å². The molecule has 0 bridgehead atoms. The van der Waals surface area contributed by atoms with Gasteiger partial charge in [0.15, 0.2) is 0 Å². The highest BCUT2D eigenvalue weighted by Crippen LogP contribution is 2.29. The van der Waals surface area contributed by atoms with Gasteiger partial charge >= 0.3 is 11.9 Å². The molecule has 2 atom stereocenters. The first kappa shape index (κ1) is 21.7. The maximum atomic E-state index is 12.6. The molecule has 2 aromatic carbocycles. The zero-order valence-corrected chi connectivity index (χ0v) is 17.7. The summed E-state index contributed by atoms with van der Waals surface area (Å²) in [4.78, 5) is 23.8. The standard InChI is InChI=1S/C23H30O5/c1-14(21(26)28-23(6,7)15(2)20(24)25)16-8-9-18-13-19(27-22(3,4)5)11-10-17(18)12-16/h8-15H,1-7H3,(H,24,25). The summed E-state index contributed by atoms with van der Waals surface area (Å²) in [6.45, 7) is 12.5. The van der Waals surface area contributed by atoms with E-state index in [1.807, 2.05) is 57.2 Å². The van der Waals surface area contributed by atoms with Crippen LogP contribution in [0.5, 0.6) is 5.75 Å². The van der Waals surface area contributed by atoms with Crippen LogP contribution in [0.2, 0.25) is 0 Å². The summed E-state index contributed by atoms with van der Waals surface area (Å²) in [5.41, 5.74) is -0.542. The van der Waals surface area contributed by atoms with Crippen molar-refractivity contribution in [2.75, 3.05) is 0 Å². The van der Waals surface area contributed by atoms with Crippen LogP contribution in [0.3, 0.4) is 0 Å². The maximum absolute atomic E-state index is 12.6. The number of carboxylic acid groups (broad SMARTS) is 1. The summed E-state index contributed by atoms with van der Waals surface area (Å²) < 4.78 is 11.4. The molecule has 2 unspecified atom stereocenters. The third-order valence-corrected chi connectivity index (χ3v) is 4.89. The van der Waals surface area contributed by atoms with Crippen molar-refractivity contribution in [1.29, 1.82) is 0 Å². The van der Waals surface area contributed by atoms with Gasteiger partial charge in [0, 0.05) is 0 Å². The van der Waals surface area contributed by atoms with Crippen LogP contribution < -0.4 is 4.74 Å². The van der Waals surface area contributed by atoms with Crippen molar-refractivity contribution in [3.8, 4) is 5.75 Å². The first-order valence-electron chi connectivity index (χ1n) is 9.48. The SMILES string of the molecule is CC(C(=O)OC(C)(C)C(C)C(=O)O)c1ccc2cc(OC(C)(C)C)ccc2c1. The average Bonchev–Trinajstić information content (AvgIpc) is 2.58. The topological polar surface area (TPSA) is 72.8 Å². The number of fused-ring (bicyclic) bond motifs is 1. The molecule has 0 radical (unpaired) electrons. The Kier molecular flexibility index (Phi) is 6.07. The summed E-state index contributed by atoms with van der Waals surface area (Å²) in [5, 5.41) is 11.2. The molecule has 0 aliphatic carbocycles. The highest BCUT2D eigenvalue weighted by atomic mass is 16.6. The highest BCUT2D eigenvalue weighted by molar-refractivity contribution is 5.87. The quantitative estimate of drug-likeness (QED) is 0.694. The molecule has 0 spiro atoms. The Morgan fingerprint density at radius 1 is 0.929 bits per heavy atom. The molecule has 2 aromatic rings. The van der Waals surface area contributed by atoms with E-state index in [-0.39, 0.29) is 5.60 Å². The average molecular weight is 386 g/mol. The van der Waals surface area contributed by atoms with Crippen LogP contribution in [0.15, 0.2) is 36.4 Å². The molecule has 1 N–H and O–H groups in total. The molecule has 5 nitrogen and oxygen atoms in total. The number of aliphatic carboxylic acids is 1. The predicted octanol–water partition coefficient (Wildman–Crippen LogP) is 5.16. The number of carbonyl (C=O) groups excluding carboxylic acids is 1. The van der Waals surface area contributed by atoms with Crippen molar-refractivity contribution in [1.82, 2.24) is 0 Å². The van der Waals surface area contributed by atoms with Gasteiger partial charge in [-0.05, 0) is 76.9 Å². The number of ether oxygens (including phenoxy) is 2. The molecule has 0 amide bonds. The van der Waals surface area contributed by atoms with Gasteiger partial charge in [-0.2, -0.15) is 0 Å². The minimum atomic E-state index is -1.09. The predicted molar refractivity (Wildman–Crippen MR) is 110 cm³/mol. The van der Waals surface area contributed by atoms with Gasteiger partial charge in [-0.15, -0.1) is 0 Å². The fourth-order valence-electron chi connectivity index (χ4n) is 2.80. The van der Waals surface area contributed by atoms with Crippen molar-refractivity contribution in [2.45, 2.75) is 65.6 Å². The third-order valence-electron chi connectivity index (χ3n) is 4.89. The fraction of sp³-hybridized carbons (Fsp3) is 0.478. The van der Waals surface area contributed by atoms with E-state index >= 15 is 0 Å². The lowest BCUT2D eigenvalue weighted by molar-refractivity contribution is -0.169. The Hall–Kier alpha value is -2.56. The van der Waals surface area contributed by atoms with Gasteiger partial charge in [0.05, 0.1) is 11.8 Å². The highest BCUT2D eigenvalue weighted by Gasteiger charge is 2.36. The van der Waals surface area contributed by atoms with Gasteiger partial charge in [0.2, 0.25) is 0 Å². The molecule has 0 fully saturated rings. The third kappa shape index (κ3) is 5.24. The molecule has 28 heavy (non-hydrogen) atoms. The Morgan fingerprint density at radius 2 is 1.50 bits per heavy atom. The molecule has 152 valence electrons. The van der Waals surface area contributed by atoms with E-state index in [0.29, 0.717) is 0 Å². The minimum absolute atomic E-state index is 0.272. The van der Waals surface area contributed by atoms with Crippen LogP contribution >= 0.6 is 0 Å². The van der Waals surface area contributed by atoms with E-state index in [4.69, 9.17) is 9.47 Å². The van der Waals surface area contributed by atoms with Crippen LogP contribution in [0.4, 0.5) is 0 Å². The Morgan fingerprint density at radius 3 is 2.07 bits per heavy atom. The number of hydrogen-bond acceptors (Lipinski definition) is 4. The summed E-state index contributed by atoms with van der Waals surface area (Å²) in [6.07, 6.45) is 0. The summed E-state index contributed by atoms with van der Waals surface area (Å²) in [5.74, 6) is -1.95. The monoisotopic (exact) mass is 386 g/mol. The van der Waals surface area contributed by atoms with Crippen molar-refractivity contribution >= 4 is 22.7 Å². The van der Waals surface area contributed by atoms with E-state index in [2.05, 4.69) is 0 Å². The van der Waals surface area contributed by atoms with Crippen LogP contribution in [0.1, 0.15) is 59.9 Å². The van der Waals surface area contributed by atoms with E-state index in [1.165, 1.54) is 6.92 Å². The van der Waals surface area contributed by atoms with Crippen molar-refractivity contribution in [2.24, 2.45) is 5.92 Å². The fourth-order valence-corrected chi connectivity index (χ4v) is 2.80. The molecule has 2 rings (SSSR count). The Balaban J connectivity index is 2.21. The van der Waals surface area contributed by atoms with Crippen molar-refractivity contribution < 1.29 is 24.2 Å². The van der Waals surface area contributed by atoms with Crippen LogP contribution in [0.25, 0.3) is 10.8 Å². The van der Waals surface area contributed by atoms with Crippen LogP contribution in [-0.4, -0.2) is 28.2 Å². The van der Waals surface area contributed by atoms with Gasteiger partial charge < -0.3 is 14.6 Å². The largest absolute Gasteiger partial charge is 0.488 e. The number of esters is 1. The second-order valence-corrected chi connectivity index (χ2v) is 8.79. The second kappa shape index (κ2) is 7.82. The number of benzene rings is 2. The molecule has 0 aliphatic rings. The van der Waals surface area contributed by atoms with Crippen LogP contribution in [-0.2, 0) is 14.3 Å². The molecule has 0 saturated carbocycles. The molecule has 0 aromatic heterocycles. The summed E-state index contributed by atoms with van der Waals surface area (Å²) in [6, 6.07) is 11.7. The smallest absolute Gasteiger partial charge is 0.313 e. The van der Waals surface area contributed by atoms with Crippen molar-refractivity contribution in [3.63, 3.8) is 0 Å². The molecule has 5 heteroatoms. The van der Waals surface area contributed by atoms with E-state index in [9.17, 15) is 14.7 Å². The van der Waals surface area contributed by atoms with Gasteiger partial charge in [0.1, 0.15) is 17.0 Å². The summed E-state index contributed by atoms with van der Waals surface area (Å²) >= 11 is 0. The van der Waals surface area contributed by atoms with E-state index in [1.54, 1.807) is 20.8 Å². The van der Waals surface area contributed by atoms with E-state index < -0.39 is 29.4 Å². The van der Waals surface area contributed by atoms with Gasteiger partial charge in [-0.1, -0.05) is 24.3 Å². The molecule has 0 heterocycles. The lowest BCUT2D eigenvalue weighted by Gasteiger charge is -2.30. The molecular formula is C23H30O5. The van der Waals surface area contributed by atoms with Gasteiger partial charge in [-0.3, -0.25) is 9.59 Å². The molecular weight excluding hydrogens is 356 g/mol. The van der Waals surface area contributed by atoms with Gasteiger partial charge in [-0.25, -0.2) is 0 Å². The molecule has 0 aliphatic heterocycles. The Labute approximate surface area is 166 Å².